The Balaban J connectivity index is 3.83. The van der Waals surface area contributed by atoms with Gasteiger partial charge in [0.2, 0.25) is 0 Å². The smallest absolute Gasteiger partial charge is 0.0508 e. The van der Waals surface area contributed by atoms with Gasteiger partial charge in [0.05, 0.1) is 7.11 Å². The van der Waals surface area contributed by atoms with Crippen molar-refractivity contribution < 1.29 is 4.18 Å². The first-order valence-corrected chi connectivity index (χ1v) is 4.15. The van der Waals surface area contributed by atoms with Crippen molar-refractivity contribution in [1.82, 2.24) is 0 Å². The Hall–Kier alpha value is -0.470. The molecule has 0 fully saturated rings. The van der Waals surface area contributed by atoms with E-state index in [-0.39, 0.29) is 0 Å². The molecule has 0 unspecified atom stereocenters. The third-order valence-corrected chi connectivity index (χ3v) is 1.69. The maximum atomic E-state index is 4.82. The molecule has 0 radical (unpaired) electrons. The molecule has 0 aromatic heterocycles. The SMILES string of the molecule is C=C(/C=C\C(C)=C/C)SOC. The molecule has 0 atom stereocenters. The molecule has 0 aliphatic heterocycles. The minimum atomic E-state index is 0.911. The Bertz CT molecular complexity index is 180. The molecule has 2 heteroatoms. The zero-order chi connectivity index (χ0) is 8.69. The topological polar surface area (TPSA) is 9.23 Å². The van der Waals surface area contributed by atoms with Gasteiger partial charge in [0.1, 0.15) is 0 Å². The van der Waals surface area contributed by atoms with E-state index in [2.05, 4.69) is 6.58 Å². The highest BCUT2D eigenvalue weighted by molar-refractivity contribution is 7.98. The molecule has 11 heavy (non-hydrogen) atoms. The van der Waals surface area contributed by atoms with Crippen molar-refractivity contribution in [2.45, 2.75) is 13.8 Å². The van der Waals surface area contributed by atoms with Crippen LogP contribution < -0.4 is 0 Å². The molecule has 0 aliphatic carbocycles. The summed E-state index contributed by atoms with van der Waals surface area (Å²) in [5.41, 5.74) is 1.22. The van der Waals surface area contributed by atoms with E-state index in [4.69, 9.17) is 4.18 Å². The van der Waals surface area contributed by atoms with Gasteiger partial charge in [0.15, 0.2) is 0 Å². The Morgan fingerprint density at radius 3 is 2.55 bits per heavy atom. The van der Waals surface area contributed by atoms with Gasteiger partial charge in [-0.05, 0) is 19.9 Å². The molecule has 0 amide bonds. The maximum Gasteiger partial charge on any atom is 0.0508 e. The predicted octanol–water partition coefficient (Wildman–Crippen LogP) is 3.32. The van der Waals surface area contributed by atoms with Crippen LogP contribution in [0.3, 0.4) is 0 Å². The number of hydrogen-bond acceptors (Lipinski definition) is 2. The molecule has 0 N–H and O–H groups in total. The van der Waals surface area contributed by atoms with Crippen molar-refractivity contribution in [2.24, 2.45) is 0 Å². The summed E-state index contributed by atoms with van der Waals surface area (Å²) >= 11 is 1.28. The molecular weight excluding hydrogens is 156 g/mol. The number of rotatable bonds is 4. The van der Waals surface area contributed by atoms with E-state index in [1.54, 1.807) is 7.11 Å². The summed E-state index contributed by atoms with van der Waals surface area (Å²) in [5.74, 6) is 0. The Morgan fingerprint density at radius 1 is 1.45 bits per heavy atom. The largest absolute Gasteiger partial charge is 0.314 e. The monoisotopic (exact) mass is 170 g/mol. The van der Waals surface area contributed by atoms with Gasteiger partial charge >= 0.3 is 0 Å². The van der Waals surface area contributed by atoms with Crippen molar-refractivity contribution in [2.75, 3.05) is 7.11 Å². The lowest BCUT2D eigenvalue weighted by Gasteiger charge is -1.94. The van der Waals surface area contributed by atoms with Gasteiger partial charge < -0.3 is 4.18 Å². The Kier molecular flexibility index (Phi) is 5.99. The molecule has 1 nitrogen and oxygen atoms in total. The third kappa shape index (κ3) is 5.95. The first kappa shape index (κ1) is 10.5. The summed E-state index contributed by atoms with van der Waals surface area (Å²) in [5, 5.41) is 0. The average molecular weight is 170 g/mol. The van der Waals surface area contributed by atoms with Gasteiger partial charge in [-0.15, -0.1) is 0 Å². The van der Waals surface area contributed by atoms with Crippen molar-refractivity contribution in [3.05, 3.63) is 35.3 Å². The third-order valence-electron chi connectivity index (χ3n) is 1.18. The van der Waals surface area contributed by atoms with Crippen LogP contribution in [0, 0.1) is 0 Å². The first-order chi connectivity index (χ1) is 5.20. The van der Waals surface area contributed by atoms with Crippen molar-refractivity contribution in [1.29, 1.82) is 0 Å². The standard InChI is InChI=1S/C9H14OS/c1-5-8(2)6-7-9(3)11-10-4/h5-7H,3H2,1-2,4H3/b7-6-,8-5-. The molecule has 0 aliphatic rings. The minimum Gasteiger partial charge on any atom is -0.314 e. The molecule has 62 valence electrons. The van der Waals surface area contributed by atoms with Gasteiger partial charge in [0, 0.05) is 16.9 Å². The van der Waals surface area contributed by atoms with E-state index >= 15 is 0 Å². The highest BCUT2D eigenvalue weighted by atomic mass is 32.2. The second kappa shape index (κ2) is 6.25. The average Bonchev–Trinajstić information content (AvgIpc) is 2.01. The van der Waals surface area contributed by atoms with Crippen LogP contribution in [0.1, 0.15) is 13.8 Å². The predicted molar refractivity (Wildman–Crippen MR) is 52.3 cm³/mol. The van der Waals surface area contributed by atoms with E-state index < -0.39 is 0 Å². The number of hydrogen-bond donors (Lipinski definition) is 0. The fraction of sp³-hybridized carbons (Fsp3) is 0.333. The first-order valence-electron chi connectivity index (χ1n) is 3.41. The molecule has 0 aromatic carbocycles. The van der Waals surface area contributed by atoms with Crippen molar-refractivity contribution in [3.8, 4) is 0 Å². The molecule has 0 spiro atoms. The van der Waals surface area contributed by atoms with E-state index in [0.717, 1.165) is 4.91 Å². The quantitative estimate of drug-likeness (QED) is 0.473. The van der Waals surface area contributed by atoms with Crippen molar-refractivity contribution in [3.63, 3.8) is 0 Å². The highest BCUT2D eigenvalue weighted by Gasteiger charge is 1.86. The van der Waals surface area contributed by atoms with Crippen LogP contribution in [0.4, 0.5) is 0 Å². The van der Waals surface area contributed by atoms with Crippen LogP contribution in [0.5, 0.6) is 0 Å². The van der Waals surface area contributed by atoms with E-state index in [1.807, 2.05) is 32.1 Å². The van der Waals surface area contributed by atoms with Crippen LogP contribution in [0.25, 0.3) is 0 Å². The molecular formula is C9H14OS. The van der Waals surface area contributed by atoms with Gasteiger partial charge in [-0.2, -0.15) is 0 Å². The van der Waals surface area contributed by atoms with Gasteiger partial charge in [-0.1, -0.05) is 24.3 Å². The molecule has 0 heterocycles. The summed E-state index contributed by atoms with van der Waals surface area (Å²) in [6.45, 7) is 7.82. The van der Waals surface area contributed by atoms with E-state index in [0.29, 0.717) is 0 Å². The molecule has 0 saturated carbocycles. The lowest BCUT2D eigenvalue weighted by molar-refractivity contribution is 0.493. The molecule has 0 aromatic rings. The lowest BCUT2D eigenvalue weighted by atomic mass is 10.3. The van der Waals surface area contributed by atoms with Crippen LogP contribution in [-0.4, -0.2) is 7.11 Å². The summed E-state index contributed by atoms with van der Waals surface area (Å²) in [6.07, 6.45) is 5.99. The molecule has 0 saturated heterocycles. The van der Waals surface area contributed by atoms with Crippen LogP contribution >= 0.6 is 12.0 Å². The fourth-order valence-corrected chi connectivity index (χ4v) is 0.793. The maximum absolute atomic E-state index is 4.82. The zero-order valence-corrected chi connectivity index (χ0v) is 8.07. The summed E-state index contributed by atoms with van der Waals surface area (Å²) in [7, 11) is 1.63. The van der Waals surface area contributed by atoms with Gasteiger partial charge in [0.25, 0.3) is 0 Å². The van der Waals surface area contributed by atoms with Crippen LogP contribution in [-0.2, 0) is 4.18 Å². The Morgan fingerprint density at radius 2 is 2.09 bits per heavy atom. The fourth-order valence-electron chi connectivity index (χ4n) is 0.455. The summed E-state index contributed by atoms with van der Waals surface area (Å²) in [6, 6.07) is 0. The highest BCUT2D eigenvalue weighted by Crippen LogP contribution is 2.14. The summed E-state index contributed by atoms with van der Waals surface area (Å²) < 4.78 is 4.82. The van der Waals surface area contributed by atoms with E-state index in [1.165, 1.54) is 17.6 Å². The normalized spacial score (nSPS) is 12.5. The van der Waals surface area contributed by atoms with Crippen LogP contribution in [0.15, 0.2) is 35.3 Å². The summed E-state index contributed by atoms with van der Waals surface area (Å²) in [4.78, 5) is 0.911. The second-order valence-electron chi connectivity index (χ2n) is 2.08. The zero-order valence-electron chi connectivity index (χ0n) is 7.26. The van der Waals surface area contributed by atoms with E-state index in [9.17, 15) is 0 Å². The number of allylic oxidation sites excluding steroid dienone is 4. The minimum absolute atomic E-state index is 0.911. The van der Waals surface area contributed by atoms with Gasteiger partial charge in [-0.25, -0.2) is 0 Å². The Labute approximate surface area is 73.0 Å². The second-order valence-corrected chi connectivity index (χ2v) is 3.11. The lowest BCUT2D eigenvalue weighted by Crippen LogP contribution is -1.70. The van der Waals surface area contributed by atoms with Crippen molar-refractivity contribution >= 4 is 12.0 Å². The molecule has 0 bridgehead atoms. The van der Waals surface area contributed by atoms with Crippen LogP contribution in [0.2, 0.25) is 0 Å². The van der Waals surface area contributed by atoms with Gasteiger partial charge in [-0.3, -0.25) is 0 Å². The molecule has 0 rings (SSSR count).